The summed E-state index contributed by atoms with van der Waals surface area (Å²) in [4.78, 5) is 27.2. The predicted octanol–water partition coefficient (Wildman–Crippen LogP) is 1.41. The minimum Gasteiger partial charge on any atom is -0.335 e. The van der Waals surface area contributed by atoms with Gasteiger partial charge in [0, 0.05) is 28.8 Å². The molecule has 2 atom stereocenters. The van der Waals surface area contributed by atoms with Crippen LogP contribution in [-0.2, 0) is 11.2 Å². The lowest BCUT2D eigenvalue weighted by atomic mass is 9.96. The molecule has 0 saturated heterocycles. The third kappa shape index (κ3) is 3.49. The van der Waals surface area contributed by atoms with Crippen LogP contribution in [0.15, 0.2) is 11.4 Å². The second kappa shape index (κ2) is 6.84. The molecule has 2 saturated carbocycles. The number of hydrogen-bond acceptors (Lipinski definition) is 3. The van der Waals surface area contributed by atoms with E-state index in [1.807, 2.05) is 11.3 Å². The van der Waals surface area contributed by atoms with Gasteiger partial charge in [0.2, 0.25) is 0 Å². The number of carbonyl (C=O) groups is 2. The van der Waals surface area contributed by atoms with Crippen LogP contribution in [0.5, 0.6) is 0 Å². The molecule has 1 aliphatic heterocycles. The first-order valence-corrected chi connectivity index (χ1v) is 10.1. The molecule has 3 amide bonds. The van der Waals surface area contributed by atoms with E-state index in [9.17, 15) is 9.59 Å². The maximum atomic E-state index is 12.3. The molecular weight excluding hydrogens is 322 g/mol. The molecule has 130 valence electrons. The van der Waals surface area contributed by atoms with Crippen LogP contribution in [0.3, 0.4) is 0 Å². The Hall–Kier alpha value is -1.40. The van der Waals surface area contributed by atoms with Crippen LogP contribution in [0.4, 0.5) is 4.79 Å². The number of imide groups is 1. The molecule has 0 aromatic carbocycles. The van der Waals surface area contributed by atoms with Crippen LogP contribution in [0, 0.1) is 5.92 Å². The molecular formula is C18H26N3O2S+. The molecule has 5 nitrogen and oxygen atoms in total. The molecule has 3 N–H and O–H groups in total. The van der Waals surface area contributed by atoms with Gasteiger partial charge in [-0.3, -0.25) is 10.1 Å². The first-order chi connectivity index (χ1) is 11.7. The fourth-order valence-electron chi connectivity index (χ4n) is 4.36. The van der Waals surface area contributed by atoms with Gasteiger partial charge in [0.1, 0.15) is 6.04 Å². The van der Waals surface area contributed by atoms with E-state index in [-0.39, 0.29) is 18.0 Å². The van der Waals surface area contributed by atoms with Gasteiger partial charge in [-0.25, -0.2) is 4.79 Å². The largest absolute Gasteiger partial charge is 0.335 e. The number of quaternary nitrogens is 1. The van der Waals surface area contributed by atoms with Crippen LogP contribution in [0.25, 0.3) is 0 Å². The van der Waals surface area contributed by atoms with Gasteiger partial charge in [-0.05, 0) is 37.1 Å². The average molecular weight is 348 g/mol. The fourth-order valence-corrected chi connectivity index (χ4v) is 5.29. The maximum absolute atomic E-state index is 12.3. The van der Waals surface area contributed by atoms with Crippen molar-refractivity contribution in [2.24, 2.45) is 5.92 Å². The molecule has 1 aromatic rings. The standard InChI is InChI=1S/C18H25N3O2S/c22-16(20-18(23)19-13-3-1-2-4-13)11-21-9-7-15-14(8-10-24-15)17(21)12-5-6-12/h8,10,12-13,17H,1-7,9,11H2,(H2,19,20,22,23)/p+1/t17-/m0/s1. The number of hydrogen-bond donors (Lipinski definition) is 3. The summed E-state index contributed by atoms with van der Waals surface area (Å²) in [5.74, 6) is 0.568. The second-order valence-corrected chi connectivity index (χ2v) is 8.45. The highest BCUT2D eigenvalue weighted by atomic mass is 32.1. The molecule has 6 heteroatoms. The quantitative estimate of drug-likeness (QED) is 0.770. The van der Waals surface area contributed by atoms with E-state index in [0.29, 0.717) is 18.5 Å². The van der Waals surface area contributed by atoms with Gasteiger partial charge in [-0.15, -0.1) is 11.3 Å². The van der Waals surface area contributed by atoms with Crippen molar-refractivity contribution >= 4 is 23.3 Å². The molecule has 1 unspecified atom stereocenters. The highest BCUT2D eigenvalue weighted by Crippen LogP contribution is 2.42. The van der Waals surface area contributed by atoms with E-state index in [4.69, 9.17) is 0 Å². The van der Waals surface area contributed by atoms with Crippen LogP contribution < -0.4 is 15.5 Å². The van der Waals surface area contributed by atoms with Gasteiger partial charge in [0.15, 0.2) is 6.54 Å². The Morgan fingerprint density at radius 3 is 2.75 bits per heavy atom. The van der Waals surface area contributed by atoms with Crippen LogP contribution in [-0.4, -0.2) is 31.1 Å². The Labute approximate surface area is 146 Å². The first kappa shape index (κ1) is 16.1. The fraction of sp³-hybridized carbons (Fsp3) is 0.667. The molecule has 0 bridgehead atoms. The molecule has 24 heavy (non-hydrogen) atoms. The summed E-state index contributed by atoms with van der Waals surface area (Å²) in [5.41, 5.74) is 1.45. The summed E-state index contributed by atoms with van der Waals surface area (Å²) in [6, 6.07) is 2.62. The number of amides is 3. The van der Waals surface area contributed by atoms with Crippen LogP contribution in [0.1, 0.15) is 55.0 Å². The molecule has 4 rings (SSSR count). The third-order valence-corrected chi connectivity index (χ3v) is 6.65. The van der Waals surface area contributed by atoms with Gasteiger partial charge >= 0.3 is 6.03 Å². The van der Waals surface area contributed by atoms with E-state index in [1.165, 1.54) is 41.0 Å². The lowest BCUT2D eigenvalue weighted by molar-refractivity contribution is -0.928. The summed E-state index contributed by atoms with van der Waals surface area (Å²) in [6.07, 6.45) is 7.99. The van der Waals surface area contributed by atoms with Gasteiger partial charge in [0.05, 0.1) is 6.54 Å². The molecule has 1 aromatic heterocycles. The summed E-state index contributed by atoms with van der Waals surface area (Å²) >= 11 is 1.85. The molecule has 3 aliphatic rings. The second-order valence-electron chi connectivity index (χ2n) is 7.45. The number of fused-ring (bicyclic) bond motifs is 1. The smallest absolute Gasteiger partial charge is 0.321 e. The van der Waals surface area contributed by atoms with Crippen molar-refractivity contribution in [3.05, 3.63) is 21.9 Å². The number of urea groups is 1. The highest BCUT2D eigenvalue weighted by Gasteiger charge is 2.43. The van der Waals surface area contributed by atoms with Crippen molar-refractivity contribution in [2.45, 2.75) is 57.0 Å². The van der Waals surface area contributed by atoms with Crippen molar-refractivity contribution in [1.82, 2.24) is 10.6 Å². The minimum absolute atomic E-state index is 0.148. The van der Waals surface area contributed by atoms with E-state index < -0.39 is 0 Å². The van der Waals surface area contributed by atoms with Gasteiger partial charge < -0.3 is 10.2 Å². The van der Waals surface area contributed by atoms with Crippen LogP contribution >= 0.6 is 11.3 Å². The van der Waals surface area contributed by atoms with Crippen molar-refractivity contribution in [1.29, 1.82) is 0 Å². The van der Waals surface area contributed by atoms with E-state index in [1.54, 1.807) is 0 Å². The molecule has 2 heterocycles. The molecule has 0 radical (unpaired) electrons. The minimum atomic E-state index is -0.317. The summed E-state index contributed by atoms with van der Waals surface area (Å²) in [6.45, 7) is 1.39. The Balaban J connectivity index is 1.34. The zero-order valence-corrected chi connectivity index (χ0v) is 14.8. The molecule has 2 aliphatic carbocycles. The number of nitrogens with one attached hydrogen (secondary N) is 3. The lowest BCUT2D eigenvalue weighted by Crippen LogP contribution is -3.14. The number of carbonyl (C=O) groups excluding carboxylic acids is 2. The SMILES string of the molecule is O=C(C[NH+]1CCc2sccc2[C@@H]1C1CC1)NC(=O)NC1CCCC1. The normalized spacial score (nSPS) is 26.8. The summed E-state index contributed by atoms with van der Waals surface area (Å²) in [5, 5.41) is 7.65. The molecule has 2 fully saturated rings. The molecule has 0 spiro atoms. The monoisotopic (exact) mass is 348 g/mol. The van der Waals surface area contributed by atoms with Crippen molar-refractivity contribution < 1.29 is 14.5 Å². The van der Waals surface area contributed by atoms with Gasteiger partial charge in [0.25, 0.3) is 5.91 Å². The summed E-state index contributed by atoms with van der Waals surface area (Å²) < 4.78 is 0. The van der Waals surface area contributed by atoms with E-state index in [2.05, 4.69) is 22.1 Å². The maximum Gasteiger partial charge on any atom is 0.321 e. The first-order valence-electron chi connectivity index (χ1n) is 9.22. The Bertz CT molecular complexity index is 620. The Kier molecular flexibility index (Phi) is 4.59. The number of rotatable bonds is 4. The van der Waals surface area contributed by atoms with Crippen molar-refractivity contribution in [3.63, 3.8) is 0 Å². The Morgan fingerprint density at radius 1 is 1.21 bits per heavy atom. The highest BCUT2D eigenvalue weighted by molar-refractivity contribution is 7.10. The van der Waals surface area contributed by atoms with Gasteiger partial charge in [-0.1, -0.05) is 12.8 Å². The van der Waals surface area contributed by atoms with Crippen LogP contribution in [0.2, 0.25) is 0 Å². The zero-order valence-electron chi connectivity index (χ0n) is 14.0. The third-order valence-electron chi connectivity index (χ3n) is 5.65. The summed E-state index contributed by atoms with van der Waals surface area (Å²) in [7, 11) is 0. The van der Waals surface area contributed by atoms with Gasteiger partial charge in [-0.2, -0.15) is 0 Å². The van der Waals surface area contributed by atoms with Crippen molar-refractivity contribution in [2.75, 3.05) is 13.1 Å². The zero-order chi connectivity index (χ0) is 16.5. The lowest BCUT2D eigenvalue weighted by Gasteiger charge is -2.32. The van der Waals surface area contributed by atoms with E-state index >= 15 is 0 Å². The number of thiophene rings is 1. The average Bonchev–Trinajstić information content (AvgIpc) is 3.05. The predicted molar refractivity (Wildman–Crippen MR) is 93.1 cm³/mol. The topological polar surface area (TPSA) is 62.6 Å². The van der Waals surface area contributed by atoms with E-state index in [0.717, 1.165) is 25.8 Å². The Morgan fingerprint density at radius 2 is 2.00 bits per heavy atom. The van der Waals surface area contributed by atoms with Crippen molar-refractivity contribution in [3.8, 4) is 0 Å².